The van der Waals surface area contributed by atoms with Crippen LogP contribution in [0.3, 0.4) is 0 Å². The summed E-state index contributed by atoms with van der Waals surface area (Å²) < 4.78 is 11.8. The SMILES string of the molecule is O=[N+]([O-])c1cccc(C2OCC3(CO2)C[C@H]2C=C[C@H]3C2)c1. The number of hydrogen-bond acceptors (Lipinski definition) is 4. The van der Waals surface area contributed by atoms with E-state index in [1.165, 1.54) is 18.6 Å². The second-order valence-corrected chi connectivity index (χ2v) is 6.36. The van der Waals surface area contributed by atoms with Crippen LogP contribution in [0.2, 0.25) is 0 Å². The number of benzene rings is 1. The number of nitro benzene ring substituents is 1. The lowest BCUT2D eigenvalue weighted by atomic mass is 9.76. The molecule has 1 saturated heterocycles. The van der Waals surface area contributed by atoms with Gasteiger partial charge in [0.25, 0.3) is 5.69 Å². The normalized spacial score (nSPS) is 37.2. The maximum Gasteiger partial charge on any atom is 0.269 e. The third-order valence-electron chi connectivity index (χ3n) is 5.03. The van der Waals surface area contributed by atoms with Crippen LogP contribution in [0.4, 0.5) is 5.69 Å². The van der Waals surface area contributed by atoms with E-state index in [2.05, 4.69) is 12.2 Å². The van der Waals surface area contributed by atoms with Crippen LogP contribution in [0.5, 0.6) is 0 Å². The van der Waals surface area contributed by atoms with Crippen LogP contribution in [0, 0.1) is 27.4 Å². The molecule has 1 aromatic rings. The first kappa shape index (κ1) is 13.0. The molecule has 1 saturated carbocycles. The minimum Gasteiger partial charge on any atom is -0.348 e. The summed E-state index contributed by atoms with van der Waals surface area (Å²) in [6.07, 6.45) is 6.47. The van der Waals surface area contributed by atoms with Gasteiger partial charge in [-0.25, -0.2) is 0 Å². The molecule has 2 fully saturated rings. The van der Waals surface area contributed by atoms with E-state index >= 15 is 0 Å². The van der Waals surface area contributed by atoms with Crippen LogP contribution in [0.25, 0.3) is 0 Å². The average Bonchev–Trinajstić information content (AvgIpc) is 3.09. The Morgan fingerprint density at radius 3 is 2.67 bits per heavy atom. The molecule has 21 heavy (non-hydrogen) atoms. The molecular weight excluding hydrogens is 270 g/mol. The standard InChI is InChI=1S/C16H17NO4/c18-17(19)14-3-1-2-12(7-14)15-20-9-16(10-21-15)8-11-4-5-13(16)6-11/h1-5,7,11,13,15H,6,8-10H2/t11-,13-,15?,16?/m0/s1. The van der Waals surface area contributed by atoms with Gasteiger partial charge in [-0.2, -0.15) is 0 Å². The first-order valence-corrected chi connectivity index (χ1v) is 7.32. The number of allylic oxidation sites excluding steroid dienone is 2. The lowest BCUT2D eigenvalue weighted by Gasteiger charge is -2.41. The van der Waals surface area contributed by atoms with Crippen molar-refractivity contribution >= 4 is 5.69 Å². The maximum atomic E-state index is 10.8. The van der Waals surface area contributed by atoms with Crippen molar-refractivity contribution in [1.82, 2.24) is 0 Å². The van der Waals surface area contributed by atoms with E-state index in [0.717, 1.165) is 12.0 Å². The van der Waals surface area contributed by atoms with Gasteiger partial charge in [0.2, 0.25) is 0 Å². The smallest absolute Gasteiger partial charge is 0.269 e. The molecule has 1 aliphatic heterocycles. The van der Waals surface area contributed by atoms with Crippen molar-refractivity contribution in [2.24, 2.45) is 17.3 Å². The van der Waals surface area contributed by atoms with E-state index in [1.807, 2.05) is 6.07 Å². The molecule has 1 spiro atoms. The molecular formula is C16H17NO4. The van der Waals surface area contributed by atoms with Gasteiger partial charge in [-0.15, -0.1) is 0 Å². The quantitative estimate of drug-likeness (QED) is 0.476. The van der Waals surface area contributed by atoms with Crippen molar-refractivity contribution in [3.8, 4) is 0 Å². The molecule has 0 amide bonds. The van der Waals surface area contributed by atoms with E-state index in [4.69, 9.17) is 9.47 Å². The van der Waals surface area contributed by atoms with Gasteiger partial charge >= 0.3 is 0 Å². The molecule has 0 N–H and O–H groups in total. The number of fused-ring (bicyclic) bond motifs is 3. The highest BCUT2D eigenvalue weighted by atomic mass is 16.7. The Morgan fingerprint density at radius 2 is 2.05 bits per heavy atom. The minimum absolute atomic E-state index is 0.0721. The number of ether oxygens (including phenoxy) is 2. The summed E-state index contributed by atoms with van der Waals surface area (Å²) in [5, 5.41) is 10.8. The maximum absolute atomic E-state index is 10.8. The van der Waals surface area contributed by atoms with Gasteiger partial charge in [0.05, 0.1) is 18.1 Å². The van der Waals surface area contributed by atoms with E-state index in [0.29, 0.717) is 25.0 Å². The van der Waals surface area contributed by atoms with Gasteiger partial charge < -0.3 is 9.47 Å². The van der Waals surface area contributed by atoms with E-state index in [-0.39, 0.29) is 11.1 Å². The lowest BCUT2D eigenvalue weighted by molar-refractivity contribution is -0.385. The van der Waals surface area contributed by atoms with Crippen LogP contribution in [0.15, 0.2) is 36.4 Å². The highest BCUT2D eigenvalue weighted by Gasteiger charge is 2.51. The van der Waals surface area contributed by atoms with Crippen LogP contribution in [0.1, 0.15) is 24.7 Å². The predicted octanol–water partition coefficient (Wildman–Crippen LogP) is 3.22. The Bertz CT molecular complexity index is 604. The third-order valence-corrected chi connectivity index (χ3v) is 5.03. The molecule has 110 valence electrons. The summed E-state index contributed by atoms with van der Waals surface area (Å²) in [5.41, 5.74) is 0.914. The zero-order valence-electron chi connectivity index (χ0n) is 11.6. The van der Waals surface area contributed by atoms with Crippen molar-refractivity contribution in [1.29, 1.82) is 0 Å². The highest BCUT2D eigenvalue weighted by Crippen LogP contribution is 2.54. The fourth-order valence-electron chi connectivity index (χ4n) is 3.94. The van der Waals surface area contributed by atoms with Crippen molar-refractivity contribution in [2.75, 3.05) is 13.2 Å². The molecule has 1 aromatic carbocycles. The molecule has 2 bridgehead atoms. The second-order valence-electron chi connectivity index (χ2n) is 6.36. The number of non-ortho nitro benzene ring substituents is 1. The van der Waals surface area contributed by atoms with Crippen LogP contribution in [-0.2, 0) is 9.47 Å². The monoisotopic (exact) mass is 287 g/mol. The van der Waals surface area contributed by atoms with Crippen molar-refractivity contribution < 1.29 is 14.4 Å². The topological polar surface area (TPSA) is 61.6 Å². The third kappa shape index (κ3) is 2.08. The largest absolute Gasteiger partial charge is 0.348 e. The zero-order chi connectivity index (χ0) is 14.4. The Hall–Kier alpha value is -1.72. The molecule has 0 unspecified atom stereocenters. The van der Waals surface area contributed by atoms with Gasteiger partial charge in [-0.3, -0.25) is 10.1 Å². The summed E-state index contributed by atoms with van der Waals surface area (Å²) in [6.45, 7) is 1.34. The zero-order valence-corrected chi connectivity index (χ0v) is 11.6. The Labute approximate surface area is 122 Å². The Morgan fingerprint density at radius 1 is 1.24 bits per heavy atom. The molecule has 0 aromatic heterocycles. The van der Waals surface area contributed by atoms with Gasteiger partial charge in [0.1, 0.15) is 0 Å². The number of nitro groups is 1. The summed E-state index contributed by atoms with van der Waals surface area (Å²) >= 11 is 0. The van der Waals surface area contributed by atoms with Gasteiger partial charge in [-0.1, -0.05) is 24.3 Å². The fraction of sp³-hybridized carbons (Fsp3) is 0.500. The second kappa shape index (κ2) is 4.64. The number of hydrogen-bond donors (Lipinski definition) is 0. The molecule has 5 nitrogen and oxygen atoms in total. The molecule has 2 atom stereocenters. The van der Waals surface area contributed by atoms with Crippen LogP contribution >= 0.6 is 0 Å². The average molecular weight is 287 g/mol. The molecule has 2 aliphatic carbocycles. The Kier molecular flexibility index (Phi) is 2.87. The summed E-state index contributed by atoms with van der Waals surface area (Å²) in [4.78, 5) is 10.4. The minimum atomic E-state index is -0.487. The van der Waals surface area contributed by atoms with E-state index in [1.54, 1.807) is 6.07 Å². The molecule has 0 radical (unpaired) electrons. The number of nitrogens with zero attached hydrogens (tertiary/aromatic N) is 1. The van der Waals surface area contributed by atoms with Crippen molar-refractivity contribution in [3.05, 3.63) is 52.1 Å². The molecule has 1 heterocycles. The van der Waals surface area contributed by atoms with Gasteiger partial charge in [0.15, 0.2) is 6.29 Å². The van der Waals surface area contributed by atoms with Crippen LogP contribution < -0.4 is 0 Å². The number of rotatable bonds is 2. The molecule has 5 heteroatoms. The van der Waals surface area contributed by atoms with Crippen molar-refractivity contribution in [3.63, 3.8) is 0 Å². The molecule has 3 aliphatic rings. The predicted molar refractivity (Wildman–Crippen MR) is 75.5 cm³/mol. The fourth-order valence-corrected chi connectivity index (χ4v) is 3.94. The van der Waals surface area contributed by atoms with Gasteiger partial charge in [-0.05, 0) is 24.7 Å². The Balaban J connectivity index is 1.49. The highest BCUT2D eigenvalue weighted by molar-refractivity contribution is 5.35. The van der Waals surface area contributed by atoms with Crippen LogP contribution in [-0.4, -0.2) is 18.1 Å². The van der Waals surface area contributed by atoms with Gasteiger partial charge in [0, 0.05) is 23.1 Å². The summed E-state index contributed by atoms with van der Waals surface area (Å²) in [7, 11) is 0. The van der Waals surface area contributed by atoms with E-state index in [9.17, 15) is 10.1 Å². The van der Waals surface area contributed by atoms with Crippen molar-refractivity contribution in [2.45, 2.75) is 19.1 Å². The van der Waals surface area contributed by atoms with E-state index < -0.39 is 11.2 Å². The summed E-state index contributed by atoms with van der Waals surface area (Å²) in [5.74, 6) is 1.24. The first-order chi connectivity index (χ1) is 10.2. The first-order valence-electron chi connectivity index (χ1n) is 7.32. The lowest BCUT2D eigenvalue weighted by Crippen LogP contribution is -2.41. The summed E-state index contributed by atoms with van der Waals surface area (Å²) in [6, 6.07) is 6.50. The molecule has 4 rings (SSSR count).